The number of anilines is 1. The van der Waals surface area contributed by atoms with E-state index in [1.807, 2.05) is 18.2 Å². The van der Waals surface area contributed by atoms with Gasteiger partial charge in [0.05, 0.1) is 18.2 Å². The summed E-state index contributed by atoms with van der Waals surface area (Å²) < 4.78 is 5.87. The van der Waals surface area contributed by atoms with Crippen LogP contribution in [0.2, 0.25) is 0 Å². The number of nitrogens with zero attached hydrogens (tertiary/aromatic N) is 1. The number of nitrogens with one attached hydrogen (secondary N) is 1. The Morgan fingerprint density at radius 3 is 2.80 bits per heavy atom. The van der Waals surface area contributed by atoms with Gasteiger partial charge in [-0.05, 0) is 31.9 Å². The number of para-hydroxylation sites is 1. The van der Waals surface area contributed by atoms with Crippen molar-refractivity contribution in [3.63, 3.8) is 0 Å². The minimum absolute atomic E-state index is 0.278. The molecule has 0 spiro atoms. The third kappa shape index (κ3) is 3.70. The lowest BCUT2D eigenvalue weighted by Gasteiger charge is -2.15. The third-order valence-electron chi connectivity index (χ3n) is 3.44. The maximum absolute atomic E-state index is 5.87. The van der Waals surface area contributed by atoms with E-state index in [2.05, 4.69) is 38.2 Å². The summed E-state index contributed by atoms with van der Waals surface area (Å²) in [5, 5.41) is 4.57. The molecular weight excluding hydrogens is 248 g/mol. The monoisotopic (exact) mass is 272 g/mol. The van der Waals surface area contributed by atoms with Crippen LogP contribution in [-0.4, -0.2) is 17.6 Å². The first-order chi connectivity index (χ1) is 9.74. The second-order valence-corrected chi connectivity index (χ2v) is 5.15. The molecule has 0 bridgehead atoms. The van der Waals surface area contributed by atoms with Crippen molar-refractivity contribution in [2.24, 2.45) is 0 Å². The van der Waals surface area contributed by atoms with Crippen molar-refractivity contribution in [2.75, 3.05) is 11.9 Å². The number of benzene rings is 1. The lowest BCUT2D eigenvalue weighted by molar-refractivity contribution is 0.0511. The van der Waals surface area contributed by atoms with Crippen LogP contribution in [0, 0.1) is 0 Å². The van der Waals surface area contributed by atoms with Crippen LogP contribution in [0.3, 0.4) is 0 Å². The highest BCUT2D eigenvalue weighted by Crippen LogP contribution is 2.22. The zero-order valence-corrected chi connectivity index (χ0v) is 12.6. The van der Waals surface area contributed by atoms with Crippen LogP contribution in [-0.2, 0) is 11.3 Å². The van der Waals surface area contributed by atoms with E-state index >= 15 is 0 Å². The topological polar surface area (TPSA) is 34.2 Å². The summed E-state index contributed by atoms with van der Waals surface area (Å²) in [6, 6.07) is 10.4. The molecule has 3 nitrogen and oxygen atoms in total. The number of aromatic nitrogens is 1. The van der Waals surface area contributed by atoms with E-state index in [1.165, 1.54) is 0 Å². The molecule has 108 valence electrons. The molecule has 1 atom stereocenters. The van der Waals surface area contributed by atoms with Gasteiger partial charge >= 0.3 is 0 Å². The Morgan fingerprint density at radius 2 is 2.05 bits per heavy atom. The Kier molecular flexibility index (Phi) is 5.36. The molecule has 20 heavy (non-hydrogen) atoms. The standard InChI is InChI=1S/C17H24N2O/c1-4-10-18-17-15(12-20-13(3)5-2)11-14-8-6-7-9-16(14)19-17/h6-9,11,13H,4-5,10,12H2,1-3H3,(H,18,19). The quantitative estimate of drug-likeness (QED) is 0.812. The van der Waals surface area contributed by atoms with Crippen LogP contribution in [0.5, 0.6) is 0 Å². The van der Waals surface area contributed by atoms with Gasteiger partial charge in [-0.25, -0.2) is 4.98 Å². The fourth-order valence-corrected chi connectivity index (χ4v) is 2.02. The molecule has 0 radical (unpaired) electrons. The van der Waals surface area contributed by atoms with Gasteiger partial charge in [0, 0.05) is 17.5 Å². The Labute approximate surface area is 121 Å². The van der Waals surface area contributed by atoms with Gasteiger partial charge in [-0.15, -0.1) is 0 Å². The van der Waals surface area contributed by atoms with Crippen LogP contribution in [0.1, 0.15) is 39.2 Å². The lowest BCUT2D eigenvalue weighted by atomic mass is 10.1. The Morgan fingerprint density at radius 1 is 1.25 bits per heavy atom. The molecule has 1 heterocycles. The maximum Gasteiger partial charge on any atom is 0.132 e. The molecule has 1 aromatic heterocycles. The Balaban J connectivity index is 2.27. The summed E-state index contributed by atoms with van der Waals surface area (Å²) in [6.07, 6.45) is 2.39. The molecule has 0 fully saturated rings. The van der Waals surface area contributed by atoms with Crippen LogP contribution in [0.4, 0.5) is 5.82 Å². The fraction of sp³-hybridized carbons (Fsp3) is 0.471. The molecule has 2 rings (SSSR count). The molecule has 1 unspecified atom stereocenters. The molecule has 0 amide bonds. The number of fused-ring (bicyclic) bond motifs is 1. The molecular formula is C17H24N2O. The second kappa shape index (κ2) is 7.25. The van der Waals surface area contributed by atoms with E-state index in [0.717, 1.165) is 41.7 Å². The van der Waals surface area contributed by atoms with Crippen molar-refractivity contribution in [2.45, 2.75) is 46.3 Å². The average Bonchev–Trinajstić information content (AvgIpc) is 2.49. The lowest BCUT2D eigenvalue weighted by Crippen LogP contribution is -2.10. The molecule has 1 aromatic carbocycles. The van der Waals surface area contributed by atoms with E-state index in [1.54, 1.807) is 0 Å². The van der Waals surface area contributed by atoms with E-state index in [-0.39, 0.29) is 6.10 Å². The smallest absolute Gasteiger partial charge is 0.132 e. The Bertz CT molecular complexity index is 554. The van der Waals surface area contributed by atoms with Crippen molar-refractivity contribution in [3.8, 4) is 0 Å². The molecule has 0 aliphatic carbocycles. The molecule has 0 aliphatic heterocycles. The molecule has 2 aromatic rings. The van der Waals surface area contributed by atoms with Crippen LogP contribution in [0.25, 0.3) is 10.9 Å². The van der Waals surface area contributed by atoms with Gasteiger partial charge in [0.15, 0.2) is 0 Å². The summed E-state index contributed by atoms with van der Waals surface area (Å²) >= 11 is 0. The van der Waals surface area contributed by atoms with Crippen LogP contribution >= 0.6 is 0 Å². The molecule has 0 saturated carbocycles. The molecule has 0 aliphatic rings. The van der Waals surface area contributed by atoms with Crippen molar-refractivity contribution >= 4 is 16.7 Å². The number of rotatable bonds is 7. The summed E-state index contributed by atoms with van der Waals surface area (Å²) in [7, 11) is 0. The number of pyridine rings is 1. The Hall–Kier alpha value is -1.61. The minimum atomic E-state index is 0.278. The number of hydrogen-bond acceptors (Lipinski definition) is 3. The fourth-order valence-electron chi connectivity index (χ4n) is 2.02. The van der Waals surface area contributed by atoms with Gasteiger partial charge < -0.3 is 10.1 Å². The van der Waals surface area contributed by atoms with E-state index in [0.29, 0.717) is 6.61 Å². The van der Waals surface area contributed by atoms with Crippen molar-refractivity contribution in [1.82, 2.24) is 4.98 Å². The highest BCUT2D eigenvalue weighted by molar-refractivity contribution is 5.81. The van der Waals surface area contributed by atoms with Gasteiger partial charge in [-0.3, -0.25) is 0 Å². The summed E-state index contributed by atoms with van der Waals surface area (Å²) in [5.74, 6) is 0.953. The molecule has 1 N–H and O–H groups in total. The maximum atomic E-state index is 5.87. The van der Waals surface area contributed by atoms with Gasteiger partial charge in [-0.1, -0.05) is 32.0 Å². The van der Waals surface area contributed by atoms with Crippen molar-refractivity contribution in [3.05, 3.63) is 35.9 Å². The highest BCUT2D eigenvalue weighted by atomic mass is 16.5. The normalized spacial score (nSPS) is 12.6. The minimum Gasteiger partial charge on any atom is -0.374 e. The van der Waals surface area contributed by atoms with Crippen LogP contribution in [0.15, 0.2) is 30.3 Å². The van der Waals surface area contributed by atoms with Gasteiger partial charge in [0.2, 0.25) is 0 Å². The number of ether oxygens (including phenoxy) is 1. The molecule has 3 heteroatoms. The van der Waals surface area contributed by atoms with Crippen LogP contribution < -0.4 is 5.32 Å². The van der Waals surface area contributed by atoms with Gasteiger partial charge in [0.1, 0.15) is 5.82 Å². The van der Waals surface area contributed by atoms with Crippen molar-refractivity contribution < 1.29 is 4.74 Å². The van der Waals surface area contributed by atoms with Gasteiger partial charge in [-0.2, -0.15) is 0 Å². The number of hydrogen-bond donors (Lipinski definition) is 1. The largest absolute Gasteiger partial charge is 0.374 e. The van der Waals surface area contributed by atoms with Crippen molar-refractivity contribution in [1.29, 1.82) is 0 Å². The first-order valence-corrected chi connectivity index (χ1v) is 7.48. The second-order valence-electron chi connectivity index (χ2n) is 5.15. The van der Waals surface area contributed by atoms with E-state index in [4.69, 9.17) is 9.72 Å². The highest BCUT2D eigenvalue weighted by Gasteiger charge is 2.08. The van der Waals surface area contributed by atoms with E-state index in [9.17, 15) is 0 Å². The SMILES string of the molecule is CCCNc1nc2ccccc2cc1COC(C)CC. The summed E-state index contributed by atoms with van der Waals surface area (Å²) in [5.41, 5.74) is 2.16. The predicted octanol–water partition coefficient (Wildman–Crippen LogP) is 4.37. The predicted molar refractivity (Wildman–Crippen MR) is 85.1 cm³/mol. The summed E-state index contributed by atoms with van der Waals surface area (Å²) in [4.78, 5) is 4.73. The average molecular weight is 272 g/mol. The molecule has 0 saturated heterocycles. The zero-order valence-electron chi connectivity index (χ0n) is 12.6. The first-order valence-electron chi connectivity index (χ1n) is 7.48. The van der Waals surface area contributed by atoms with E-state index < -0.39 is 0 Å². The first kappa shape index (κ1) is 14.8. The van der Waals surface area contributed by atoms with Gasteiger partial charge in [0.25, 0.3) is 0 Å². The third-order valence-corrected chi connectivity index (χ3v) is 3.44. The summed E-state index contributed by atoms with van der Waals surface area (Å²) in [6.45, 7) is 7.94. The zero-order chi connectivity index (χ0) is 14.4.